The van der Waals surface area contributed by atoms with Gasteiger partial charge < -0.3 is 16.4 Å². The highest BCUT2D eigenvalue weighted by molar-refractivity contribution is 7.99. The molecule has 1 atom stereocenters. The maximum atomic E-state index is 12.1. The van der Waals surface area contributed by atoms with E-state index in [0.29, 0.717) is 10.1 Å². The Hall–Kier alpha value is -1.80. The van der Waals surface area contributed by atoms with Gasteiger partial charge in [0.25, 0.3) is 0 Å². The smallest absolute Gasteiger partial charge is 0.319 e. The van der Waals surface area contributed by atoms with Crippen LogP contribution in [0.15, 0.2) is 29.2 Å². The number of rotatable bonds is 6. The Bertz CT molecular complexity index is 631. The first-order valence-corrected chi connectivity index (χ1v) is 8.78. The molecule has 0 saturated heterocycles. The second-order valence-electron chi connectivity index (χ2n) is 4.64. The van der Waals surface area contributed by atoms with Crippen molar-refractivity contribution >= 4 is 39.9 Å². The number of urea groups is 1. The van der Waals surface area contributed by atoms with E-state index in [1.165, 1.54) is 11.3 Å². The predicted octanol–water partition coefficient (Wildman–Crippen LogP) is 3.51. The lowest BCUT2D eigenvalue weighted by Crippen LogP contribution is -2.31. The van der Waals surface area contributed by atoms with E-state index in [1.54, 1.807) is 11.8 Å². The number of amides is 2. The summed E-state index contributed by atoms with van der Waals surface area (Å²) in [7, 11) is 0. The molecular weight excluding hydrogens is 318 g/mol. The van der Waals surface area contributed by atoms with Crippen molar-refractivity contribution in [2.45, 2.75) is 31.2 Å². The van der Waals surface area contributed by atoms with Gasteiger partial charge in [0.2, 0.25) is 5.13 Å². The molecule has 22 heavy (non-hydrogen) atoms. The molecule has 0 radical (unpaired) electrons. The van der Waals surface area contributed by atoms with E-state index in [4.69, 9.17) is 5.73 Å². The third-order valence-electron chi connectivity index (χ3n) is 2.77. The van der Waals surface area contributed by atoms with Crippen LogP contribution in [-0.4, -0.2) is 22.0 Å². The van der Waals surface area contributed by atoms with Gasteiger partial charge in [-0.1, -0.05) is 30.4 Å². The molecule has 8 heteroatoms. The Morgan fingerprint density at radius 1 is 1.41 bits per heavy atom. The van der Waals surface area contributed by atoms with Gasteiger partial charge in [0.15, 0.2) is 0 Å². The molecule has 0 aliphatic heterocycles. The van der Waals surface area contributed by atoms with E-state index in [-0.39, 0.29) is 12.1 Å². The molecule has 1 aromatic heterocycles. The van der Waals surface area contributed by atoms with Crippen molar-refractivity contribution in [2.75, 3.05) is 16.8 Å². The van der Waals surface area contributed by atoms with Crippen molar-refractivity contribution in [3.05, 3.63) is 29.3 Å². The van der Waals surface area contributed by atoms with Crippen molar-refractivity contribution < 1.29 is 4.79 Å². The molecule has 118 valence electrons. The molecule has 0 unspecified atom stereocenters. The zero-order valence-corrected chi connectivity index (χ0v) is 14.1. The third kappa shape index (κ3) is 4.60. The van der Waals surface area contributed by atoms with E-state index in [2.05, 4.69) is 27.8 Å². The minimum absolute atomic E-state index is 0.245. The molecule has 6 nitrogen and oxygen atoms in total. The number of nitrogens with zero attached hydrogens (tertiary/aromatic N) is 2. The molecule has 1 heterocycles. The molecule has 0 spiro atoms. The Labute approximate surface area is 137 Å². The van der Waals surface area contributed by atoms with Crippen LogP contribution in [0, 0.1) is 0 Å². The zero-order valence-electron chi connectivity index (χ0n) is 12.5. The second kappa shape index (κ2) is 8.00. The highest BCUT2D eigenvalue weighted by atomic mass is 32.2. The summed E-state index contributed by atoms with van der Waals surface area (Å²) < 4.78 is 0. The summed E-state index contributed by atoms with van der Waals surface area (Å²) >= 11 is 3.00. The van der Waals surface area contributed by atoms with E-state index >= 15 is 0 Å². The van der Waals surface area contributed by atoms with Gasteiger partial charge in [-0.2, -0.15) is 0 Å². The number of hydrogen-bond acceptors (Lipinski definition) is 6. The average Bonchev–Trinajstić information content (AvgIpc) is 2.93. The second-order valence-corrected chi connectivity index (χ2v) is 6.82. The van der Waals surface area contributed by atoms with Crippen molar-refractivity contribution in [1.82, 2.24) is 15.5 Å². The largest absolute Gasteiger partial charge is 0.374 e. The number of hydrogen-bond donors (Lipinski definition) is 3. The number of para-hydroxylation sites is 1. The van der Waals surface area contributed by atoms with Gasteiger partial charge in [0.1, 0.15) is 5.01 Å². The summed E-state index contributed by atoms with van der Waals surface area (Å²) in [5.74, 6) is 1.01. The van der Waals surface area contributed by atoms with Crippen molar-refractivity contribution in [3.8, 4) is 0 Å². The number of nitrogen functional groups attached to an aromatic ring is 1. The molecule has 1 aromatic carbocycles. The van der Waals surface area contributed by atoms with E-state index < -0.39 is 0 Å². The van der Waals surface area contributed by atoms with Crippen LogP contribution in [-0.2, 0) is 0 Å². The SMILES string of the molecule is CCCSc1ccccc1NC(=O)N[C@@H](C)c1nnc(N)s1. The number of carbonyl (C=O) groups excluding carboxylic acids is 1. The first-order valence-electron chi connectivity index (χ1n) is 6.98. The number of anilines is 2. The van der Waals surface area contributed by atoms with Crippen molar-refractivity contribution in [2.24, 2.45) is 0 Å². The Balaban J connectivity index is 1.97. The fourth-order valence-corrected chi connectivity index (χ4v) is 3.23. The molecule has 2 rings (SSSR count). The summed E-state index contributed by atoms with van der Waals surface area (Å²) in [4.78, 5) is 13.2. The van der Waals surface area contributed by atoms with Gasteiger partial charge in [-0.3, -0.25) is 0 Å². The van der Waals surface area contributed by atoms with Gasteiger partial charge in [-0.25, -0.2) is 4.79 Å². The maximum Gasteiger partial charge on any atom is 0.319 e. The first kappa shape index (κ1) is 16.6. The Kier molecular flexibility index (Phi) is 6.02. The zero-order chi connectivity index (χ0) is 15.9. The van der Waals surface area contributed by atoms with Crippen LogP contribution in [0.25, 0.3) is 0 Å². The molecular formula is C14H19N5OS2. The van der Waals surface area contributed by atoms with Gasteiger partial charge in [0.05, 0.1) is 11.7 Å². The molecule has 0 fully saturated rings. The molecule has 4 N–H and O–H groups in total. The minimum atomic E-state index is -0.272. The normalized spacial score (nSPS) is 11.9. The van der Waals surface area contributed by atoms with Crippen LogP contribution in [0.2, 0.25) is 0 Å². The third-order valence-corrected chi connectivity index (χ3v) is 4.99. The molecule has 2 aromatic rings. The lowest BCUT2D eigenvalue weighted by atomic mass is 10.3. The van der Waals surface area contributed by atoms with Crippen LogP contribution in [0.3, 0.4) is 0 Å². The van der Waals surface area contributed by atoms with Crippen molar-refractivity contribution in [3.63, 3.8) is 0 Å². The summed E-state index contributed by atoms with van der Waals surface area (Å²) in [6.07, 6.45) is 1.08. The number of nitrogens with one attached hydrogen (secondary N) is 2. The lowest BCUT2D eigenvalue weighted by molar-refractivity contribution is 0.249. The molecule has 2 amide bonds. The molecule has 0 aliphatic rings. The Morgan fingerprint density at radius 3 is 2.86 bits per heavy atom. The van der Waals surface area contributed by atoms with Crippen LogP contribution >= 0.6 is 23.1 Å². The quantitative estimate of drug-likeness (QED) is 0.702. The predicted molar refractivity (Wildman–Crippen MR) is 92.3 cm³/mol. The maximum absolute atomic E-state index is 12.1. The summed E-state index contributed by atoms with van der Waals surface area (Å²) in [5, 5.41) is 14.5. The fraction of sp³-hybridized carbons (Fsp3) is 0.357. The molecule has 0 bridgehead atoms. The van der Waals surface area contributed by atoms with Crippen LogP contribution in [0.4, 0.5) is 15.6 Å². The van der Waals surface area contributed by atoms with E-state index in [9.17, 15) is 4.79 Å². The highest BCUT2D eigenvalue weighted by Gasteiger charge is 2.14. The van der Waals surface area contributed by atoms with E-state index in [0.717, 1.165) is 22.8 Å². The Morgan fingerprint density at radius 2 is 2.18 bits per heavy atom. The van der Waals surface area contributed by atoms with Crippen LogP contribution in [0.1, 0.15) is 31.3 Å². The monoisotopic (exact) mass is 337 g/mol. The van der Waals surface area contributed by atoms with Crippen LogP contribution < -0.4 is 16.4 Å². The van der Waals surface area contributed by atoms with Gasteiger partial charge >= 0.3 is 6.03 Å². The number of nitrogens with two attached hydrogens (primary N) is 1. The number of aromatic nitrogens is 2. The summed E-state index contributed by atoms with van der Waals surface area (Å²) in [5.41, 5.74) is 6.36. The van der Waals surface area contributed by atoms with Gasteiger partial charge in [-0.05, 0) is 31.2 Å². The first-order chi connectivity index (χ1) is 10.6. The highest BCUT2D eigenvalue weighted by Crippen LogP contribution is 2.27. The summed E-state index contributed by atoms with van der Waals surface area (Å²) in [6, 6.07) is 7.25. The average molecular weight is 337 g/mol. The molecule has 0 aliphatic carbocycles. The topological polar surface area (TPSA) is 92.9 Å². The summed E-state index contributed by atoms with van der Waals surface area (Å²) in [6.45, 7) is 3.97. The van der Waals surface area contributed by atoms with Gasteiger partial charge in [-0.15, -0.1) is 22.0 Å². The number of thioether (sulfide) groups is 1. The minimum Gasteiger partial charge on any atom is -0.374 e. The molecule has 0 saturated carbocycles. The fourth-order valence-electron chi connectivity index (χ4n) is 1.75. The van der Waals surface area contributed by atoms with Crippen LogP contribution in [0.5, 0.6) is 0 Å². The van der Waals surface area contributed by atoms with Crippen molar-refractivity contribution in [1.29, 1.82) is 0 Å². The number of carbonyl (C=O) groups is 1. The standard InChI is InChI=1S/C14H19N5OS2/c1-3-8-21-11-7-5-4-6-10(11)17-14(20)16-9(2)12-18-19-13(15)22-12/h4-7,9H,3,8H2,1-2H3,(H2,15,19)(H2,16,17,20)/t9-/m0/s1. The number of benzene rings is 1. The lowest BCUT2D eigenvalue weighted by Gasteiger charge is -2.14. The van der Waals surface area contributed by atoms with Gasteiger partial charge in [0, 0.05) is 4.90 Å². The van der Waals surface area contributed by atoms with E-state index in [1.807, 2.05) is 31.2 Å².